The van der Waals surface area contributed by atoms with Gasteiger partial charge in [0, 0.05) is 0 Å². The summed E-state index contributed by atoms with van der Waals surface area (Å²) in [5.74, 6) is -0.438. The fraction of sp³-hybridized carbons (Fsp3) is 0.500. The third kappa shape index (κ3) is 9.96. The summed E-state index contributed by atoms with van der Waals surface area (Å²) in [4.78, 5) is -0.723. The first-order valence-corrected chi connectivity index (χ1v) is 12.4. The minimum Gasteiger partial charge on any atom is -0.871 e. The van der Waals surface area contributed by atoms with E-state index in [9.17, 15) is 18.1 Å². The fourth-order valence-electron chi connectivity index (χ4n) is 3.56. The zero-order chi connectivity index (χ0) is 21.8. The molecule has 0 aliphatic rings. The summed E-state index contributed by atoms with van der Waals surface area (Å²) >= 11 is 0. The van der Waals surface area contributed by atoms with Crippen LogP contribution in [0.2, 0.25) is 0 Å². The van der Waals surface area contributed by atoms with Crippen LogP contribution in [0.5, 0.6) is 17.2 Å². The maximum absolute atomic E-state index is 11.9. The van der Waals surface area contributed by atoms with Crippen LogP contribution in [-0.2, 0) is 16.5 Å². The predicted molar refractivity (Wildman–Crippen MR) is 118 cm³/mol. The van der Waals surface area contributed by atoms with Gasteiger partial charge < -0.3 is 9.84 Å². The van der Waals surface area contributed by atoms with E-state index in [-0.39, 0.29) is 35.3 Å². The Morgan fingerprint density at radius 2 is 1.35 bits per heavy atom. The molecule has 0 radical (unpaired) electrons. The maximum atomic E-state index is 11.9. The summed E-state index contributed by atoms with van der Waals surface area (Å²) in [6, 6.07) is 11.3. The molecule has 5 nitrogen and oxygen atoms in total. The Bertz CT molecular complexity index is 883. The quantitative estimate of drug-likeness (QED) is 0.268. The van der Waals surface area contributed by atoms with Crippen molar-refractivity contribution in [1.29, 1.82) is 0 Å². The molecule has 1 N–H and O–H groups in total. The van der Waals surface area contributed by atoms with Gasteiger partial charge in [-0.25, -0.2) is 0 Å². The number of hydrogen-bond acceptors (Lipinski definition) is 4. The molecule has 166 valence electrons. The Morgan fingerprint density at radius 1 is 0.806 bits per heavy atom. The summed E-state index contributed by atoms with van der Waals surface area (Å²) in [5.41, 5.74) is 0.953. The smallest absolute Gasteiger partial charge is 0.871 e. The van der Waals surface area contributed by atoms with Gasteiger partial charge in [-0.05, 0) is 30.5 Å². The van der Waals surface area contributed by atoms with Crippen LogP contribution in [0.1, 0.15) is 76.7 Å². The SMILES string of the molecule is CCCCCCCCCCCCc1ccccc1Oc1cccc([O-])c1S(=O)(=O)O.[Na+]. The molecule has 2 rings (SSSR count). The van der Waals surface area contributed by atoms with Crippen molar-refractivity contribution in [2.45, 2.75) is 82.4 Å². The molecule has 0 aromatic heterocycles. The zero-order valence-corrected chi connectivity index (χ0v) is 21.6. The van der Waals surface area contributed by atoms with Gasteiger partial charge in [-0.2, -0.15) is 8.42 Å². The van der Waals surface area contributed by atoms with Crippen molar-refractivity contribution in [3.05, 3.63) is 48.0 Å². The molecule has 2 aromatic rings. The first-order valence-electron chi connectivity index (χ1n) is 11.0. The first-order chi connectivity index (χ1) is 14.4. The number of rotatable bonds is 14. The molecular formula is C24H33NaO5S. The molecule has 2 aromatic carbocycles. The maximum Gasteiger partial charge on any atom is 1.00 e. The van der Waals surface area contributed by atoms with E-state index >= 15 is 0 Å². The second-order valence-corrected chi connectivity index (χ2v) is 9.06. The van der Waals surface area contributed by atoms with Crippen LogP contribution in [0.4, 0.5) is 0 Å². The van der Waals surface area contributed by atoms with Crippen LogP contribution in [0.3, 0.4) is 0 Å². The van der Waals surface area contributed by atoms with Gasteiger partial charge >= 0.3 is 29.6 Å². The number of hydrogen-bond donors (Lipinski definition) is 1. The second kappa shape index (κ2) is 14.9. The Morgan fingerprint density at radius 3 is 1.97 bits per heavy atom. The minimum absolute atomic E-state index is 0. The Kier molecular flexibility index (Phi) is 13.5. The molecule has 0 saturated heterocycles. The van der Waals surface area contributed by atoms with Gasteiger partial charge in [-0.15, -0.1) is 0 Å². The molecule has 0 fully saturated rings. The molecule has 0 unspecified atom stereocenters. The van der Waals surface area contributed by atoms with Crippen molar-refractivity contribution in [3.8, 4) is 17.2 Å². The third-order valence-corrected chi connectivity index (χ3v) is 6.11. The Hall–Kier alpha value is -1.05. The van der Waals surface area contributed by atoms with Crippen LogP contribution in [0.15, 0.2) is 47.4 Å². The predicted octanol–water partition coefficient (Wildman–Crippen LogP) is 3.27. The average molecular weight is 457 g/mol. The van der Waals surface area contributed by atoms with Crippen molar-refractivity contribution < 1.29 is 52.4 Å². The molecular weight excluding hydrogens is 423 g/mol. The monoisotopic (exact) mass is 456 g/mol. The summed E-state index contributed by atoms with van der Waals surface area (Å²) in [6.45, 7) is 2.23. The normalized spacial score (nSPS) is 11.2. The van der Waals surface area contributed by atoms with Crippen LogP contribution >= 0.6 is 0 Å². The van der Waals surface area contributed by atoms with Crippen molar-refractivity contribution >= 4 is 10.1 Å². The van der Waals surface area contributed by atoms with Crippen molar-refractivity contribution in [3.63, 3.8) is 0 Å². The van der Waals surface area contributed by atoms with E-state index in [2.05, 4.69) is 6.92 Å². The molecule has 0 bridgehead atoms. The number of aryl methyl sites for hydroxylation is 1. The molecule has 0 atom stereocenters. The standard InChI is InChI=1S/C24H34O5S.Na/c1-2-3-4-5-6-7-8-9-10-11-15-20-16-12-13-18-22(20)29-23-19-14-17-21(25)24(23)30(26,27)28;/h12-14,16-19,25H,2-11,15H2,1H3,(H,26,27,28);/q;+1/p-1. The Balaban J connectivity index is 0.00000480. The van der Waals surface area contributed by atoms with E-state index in [1.807, 2.05) is 12.1 Å². The molecule has 7 heteroatoms. The van der Waals surface area contributed by atoms with Gasteiger partial charge in [0.2, 0.25) is 0 Å². The first kappa shape index (κ1) is 28.0. The van der Waals surface area contributed by atoms with E-state index in [0.29, 0.717) is 5.75 Å². The molecule has 0 aliphatic carbocycles. The van der Waals surface area contributed by atoms with Crippen LogP contribution in [0, 0.1) is 0 Å². The number of unbranched alkanes of at least 4 members (excludes halogenated alkanes) is 9. The van der Waals surface area contributed by atoms with Crippen LogP contribution in [0.25, 0.3) is 0 Å². The summed E-state index contributed by atoms with van der Waals surface area (Å²) in [7, 11) is -4.67. The van der Waals surface area contributed by atoms with Crippen molar-refractivity contribution in [2.24, 2.45) is 0 Å². The molecule has 0 saturated carbocycles. The van der Waals surface area contributed by atoms with E-state index in [1.165, 1.54) is 63.5 Å². The largest absolute Gasteiger partial charge is 1.00 e. The van der Waals surface area contributed by atoms with Gasteiger partial charge in [-0.1, -0.05) is 101 Å². The van der Waals surface area contributed by atoms with Crippen LogP contribution in [-0.4, -0.2) is 13.0 Å². The molecule has 0 heterocycles. The molecule has 0 spiro atoms. The fourth-order valence-corrected chi connectivity index (χ4v) is 4.25. The van der Waals surface area contributed by atoms with E-state index in [4.69, 9.17) is 4.74 Å². The average Bonchev–Trinajstić information content (AvgIpc) is 2.69. The van der Waals surface area contributed by atoms with E-state index in [0.717, 1.165) is 30.9 Å². The summed E-state index contributed by atoms with van der Waals surface area (Å²) in [5, 5.41) is 11.9. The van der Waals surface area contributed by atoms with Crippen molar-refractivity contribution in [2.75, 3.05) is 0 Å². The topological polar surface area (TPSA) is 86.7 Å². The Labute approximate surface area is 209 Å². The van der Waals surface area contributed by atoms with Gasteiger partial charge in [0.05, 0.1) is 0 Å². The van der Waals surface area contributed by atoms with Gasteiger partial charge in [0.25, 0.3) is 10.1 Å². The summed E-state index contributed by atoms with van der Waals surface area (Å²) in [6.07, 6.45) is 13.4. The van der Waals surface area contributed by atoms with Crippen LogP contribution < -0.4 is 39.4 Å². The number of para-hydroxylation sites is 1. The summed E-state index contributed by atoms with van der Waals surface area (Å²) < 4.78 is 38.3. The number of benzene rings is 2. The van der Waals surface area contributed by atoms with Gasteiger partial charge in [0.15, 0.2) is 0 Å². The molecule has 0 aliphatic heterocycles. The van der Waals surface area contributed by atoms with E-state index < -0.39 is 20.8 Å². The second-order valence-electron chi connectivity index (χ2n) is 7.70. The van der Waals surface area contributed by atoms with E-state index in [1.54, 1.807) is 12.1 Å². The van der Waals surface area contributed by atoms with Gasteiger partial charge in [0.1, 0.15) is 16.4 Å². The molecule has 0 amide bonds. The van der Waals surface area contributed by atoms with Crippen molar-refractivity contribution in [1.82, 2.24) is 0 Å². The van der Waals surface area contributed by atoms with Gasteiger partial charge in [-0.3, -0.25) is 4.55 Å². The number of ether oxygens (including phenoxy) is 1. The third-order valence-electron chi connectivity index (χ3n) is 5.19. The minimum atomic E-state index is -4.67. The molecule has 31 heavy (non-hydrogen) atoms. The zero-order valence-electron chi connectivity index (χ0n) is 18.8.